The zero-order valence-electron chi connectivity index (χ0n) is 21.1. The Balaban J connectivity index is 1.51. The molecule has 3 aromatic rings. The van der Waals surface area contributed by atoms with Crippen LogP contribution in [0.15, 0.2) is 72.9 Å². The van der Waals surface area contributed by atoms with Crippen LogP contribution in [0.4, 0.5) is 5.69 Å². The molecule has 0 bridgehead atoms. The van der Waals surface area contributed by atoms with E-state index in [-0.39, 0.29) is 30.6 Å². The average Bonchev–Trinajstić information content (AvgIpc) is 2.89. The van der Waals surface area contributed by atoms with E-state index in [0.29, 0.717) is 0 Å². The number of aliphatic hydroxyl groups excluding tert-OH is 1. The summed E-state index contributed by atoms with van der Waals surface area (Å²) in [5.74, 6) is -0.000820. The number of hydrogen-bond acceptors (Lipinski definition) is 6. The van der Waals surface area contributed by atoms with Gasteiger partial charge in [-0.1, -0.05) is 49.4 Å². The number of nitrogens with one attached hydrogen (secondary N) is 1. The number of pyridine rings is 1. The highest BCUT2D eigenvalue weighted by Gasteiger charge is 2.38. The second-order valence-electron chi connectivity index (χ2n) is 9.46. The number of amides is 1. The van der Waals surface area contributed by atoms with E-state index in [4.69, 9.17) is 9.47 Å². The number of benzene rings is 2. The lowest BCUT2D eigenvalue weighted by atomic mass is 9.90. The SMILES string of the molecule is CC(=O)Nc1ccc([C@@H]2O[C@H](CN(C)CCc3ccccn3)[C@H](C)[C@H](c3ccc(CO)cc3)O2)cc1. The van der Waals surface area contributed by atoms with Gasteiger partial charge in [0.15, 0.2) is 6.29 Å². The quantitative estimate of drug-likeness (QED) is 0.461. The Labute approximate surface area is 213 Å². The van der Waals surface area contributed by atoms with Crippen LogP contribution in [0.3, 0.4) is 0 Å². The first-order chi connectivity index (χ1) is 17.4. The van der Waals surface area contributed by atoms with Crippen LogP contribution in [0, 0.1) is 5.92 Å². The minimum absolute atomic E-state index is 0.0113. The molecule has 1 saturated heterocycles. The predicted molar refractivity (Wildman–Crippen MR) is 139 cm³/mol. The van der Waals surface area contributed by atoms with Crippen LogP contribution >= 0.6 is 0 Å². The highest BCUT2D eigenvalue weighted by Crippen LogP contribution is 2.41. The van der Waals surface area contributed by atoms with Gasteiger partial charge in [0.1, 0.15) is 0 Å². The van der Waals surface area contributed by atoms with Crippen molar-refractivity contribution in [3.05, 3.63) is 95.3 Å². The van der Waals surface area contributed by atoms with E-state index in [0.717, 1.165) is 47.6 Å². The van der Waals surface area contributed by atoms with Crippen molar-refractivity contribution in [1.29, 1.82) is 0 Å². The number of aromatic nitrogens is 1. The summed E-state index contributed by atoms with van der Waals surface area (Å²) in [6, 6.07) is 21.5. The van der Waals surface area contributed by atoms with E-state index >= 15 is 0 Å². The molecule has 1 aliphatic rings. The first-order valence-corrected chi connectivity index (χ1v) is 12.4. The molecule has 36 heavy (non-hydrogen) atoms. The molecule has 190 valence electrons. The fraction of sp³-hybridized carbons (Fsp3) is 0.379. The maximum absolute atomic E-state index is 11.4. The minimum atomic E-state index is -0.538. The number of likely N-dealkylation sites (N-methyl/N-ethyl adjacent to an activating group) is 1. The van der Waals surface area contributed by atoms with Crippen LogP contribution in [0.25, 0.3) is 0 Å². The van der Waals surface area contributed by atoms with E-state index in [1.807, 2.05) is 72.9 Å². The van der Waals surface area contributed by atoms with Gasteiger partial charge in [-0.25, -0.2) is 0 Å². The Morgan fingerprint density at radius 2 is 1.75 bits per heavy atom. The molecule has 7 nitrogen and oxygen atoms in total. The highest BCUT2D eigenvalue weighted by molar-refractivity contribution is 5.88. The van der Waals surface area contributed by atoms with E-state index in [1.54, 1.807) is 0 Å². The maximum Gasteiger partial charge on any atom is 0.221 e. The van der Waals surface area contributed by atoms with Crippen molar-refractivity contribution < 1.29 is 19.4 Å². The van der Waals surface area contributed by atoms with Crippen molar-refractivity contribution >= 4 is 11.6 Å². The molecule has 0 spiro atoms. The van der Waals surface area contributed by atoms with Crippen molar-refractivity contribution in [3.8, 4) is 0 Å². The molecule has 2 heterocycles. The highest BCUT2D eigenvalue weighted by atomic mass is 16.7. The molecule has 1 aliphatic heterocycles. The lowest BCUT2D eigenvalue weighted by Gasteiger charge is -2.42. The molecule has 4 rings (SSSR count). The lowest BCUT2D eigenvalue weighted by molar-refractivity contribution is -0.275. The summed E-state index contributed by atoms with van der Waals surface area (Å²) in [4.78, 5) is 18.1. The van der Waals surface area contributed by atoms with E-state index in [2.05, 4.69) is 29.2 Å². The van der Waals surface area contributed by atoms with Crippen molar-refractivity contribution in [2.24, 2.45) is 5.92 Å². The Kier molecular flexibility index (Phi) is 8.83. The molecule has 4 atom stereocenters. The summed E-state index contributed by atoms with van der Waals surface area (Å²) >= 11 is 0. The van der Waals surface area contributed by atoms with Gasteiger partial charge in [0.05, 0.1) is 18.8 Å². The summed E-state index contributed by atoms with van der Waals surface area (Å²) < 4.78 is 13.0. The first-order valence-electron chi connectivity index (χ1n) is 12.4. The van der Waals surface area contributed by atoms with Gasteiger partial charge in [0.2, 0.25) is 5.91 Å². The van der Waals surface area contributed by atoms with Gasteiger partial charge < -0.3 is 24.8 Å². The lowest BCUT2D eigenvalue weighted by Crippen LogP contribution is -2.43. The second-order valence-corrected chi connectivity index (χ2v) is 9.46. The number of carbonyl (C=O) groups excluding carboxylic acids is 1. The summed E-state index contributed by atoms with van der Waals surface area (Å²) in [7, 11) is 2.11. The molecular formula is C29H35N3O4. The number of rotatable bonds is 9. The number of ether oxygens (including phenoxy) is 2. The number of anilines is 1. The van der Waals surface area contributed by atoms with Crippen LogP contribution in [0.5, 0.6) is 0 Å². The average molecular weight is 490 g/mol. The van der Waals surface area contributed by atoms with Crippen molar-refractivity contribution in [2.45, 2.75) is 45.4 Å². The molecule has 2 N–H and O–H groups in total. The van der Waals surface area contributed by atoms with Crippen LogP contribution in [0.1, 0.15) is 48.6 Å². The zero-order valence-corrected chi connectivity index (χ0v) is 21.1. The van der Waals surface area contributed by atoms with Gasteiger partial charge >= 0.3 is 0 Å². The second kappa shape index (κ2) is 12.2. The molecule has 0 radical (unpaired) electrons. The first kappa shape index (κ1) is 26.0. The summed E-state index contributed by atoms with van der Waals surface area (Å²) in [6.07, 6.45) is 1.93. The molecule has 2 aromatic carbocycles. The predicted octanol–water partition coefficient (Wildman–Crippen LogP) is 4.50. The Morgan fingerprint density at radius 1 is 1.03 bits per heavy atom. The van der Waals surface area contributed by atoms with Gasteiger partial charge in [-0.15, -0.1) is 0 Å². The Hall–Kier alpha value is -3.10. The molecule has 0 aliphatic carbocycles. The van der Waals surface area contributed by atoms with Gasteiger partial charge in [-0.2, -0.15) is 0 Å². The molecule has 1 aromatic heterocycles. The topological polar surface area (TPSA) is 83.9 Å². The smallest absolute Gasteiger partial charge is 0.221 e. The summed E-state index contributed by atoms with van der Waals surface area (Å²) in [5.41, 5.74) is 4.63. The Morgan fingerprint density at radius 3 is 2.39 bits per heavy atom. The fourth-order valence-electron chi connectivity index (χ4n) is 4.50. The molecule has 0 saturated carbocycles. The normalized spacial score (nSPS) is 21.9. The fourth-order valence-corrected chi connectivity index (χ4v) is 4.50. The van der Waals surface area contributed by atoms with Gasteiger partial charge in [-0.05, 0) is 42.4 Å². The van der Waals surface area contributed by atoms with Crippen molar-refractivity contribution in [1.82, 2.24) is 9.88 Å². The van der Waals surface area contributed by atoms with Crippen molar-refractivity contribution in [2.75, 3.05) is 25.5 Å². The molecular weight excluding hydrogens is 454 g/mol. The van der Waals surface area contributed by atoms with Gasteiger partial charge in [-0.3, -0.25) is 9.78 Å². The zero-order chi connectivity index (χ0) is 25.5. The molecule has 7 heteroatoms. The third-order valence-electron chi connectivity index (χ3n) is 6.59. The number of nitrogens with zero attached hydrogens (tertiary/aromatic N) is 2. The minimum Gasteiger partial charge on any atom is -0.392 e. The van der Waals surface area contributed by atoms with Crippen molar-refractivity contribution in [3.63, 3.8) is 0 Å². The number of aliphatic hydroxyl groups is 1. The van der Waals surface area contributed by atoms with E-state index < -0.39 is 6.29 Å². The Bertz CT molecular complexity index is 1110. The summed E-state index contributed by atoms with van der Waals surface area (Å²) in [5, 5.41) is 12.2. The van der Waals surface area contributed by atoms with E-state index in [9.17, 15) is 9.90 Å². The number of carbonyl (C=O) groups is 1. The van der Waals surface area contributed by atoms with Crippen LogP contribution < -0.4 is 5.32 Å². The molecule has 1 fully saturated rings. The molecule has 1 amide bonds. The molecule has 0 unspecified atom stereocenters. The standard InChI is InChI=1S/C29H35N3O4/c1-20-27(18-32(3)17-15-25-6-4-5-16-30-25)35-29(24-11-13-26(14-12-24)31-21(2)34)36-28(20)23-9-7-22(19-33)8-10-23/h4-14,16,20,27-29,33H,15,17-19H2,1-3H3,(H,31,34)/t20-,27+,28+,29+/m0/s1. The third-order valence-corrected chi connectivity index (χ3v) is 6.59. The monoisotopic (exact) mass is 489 g/mol. The number of hydrogen-bond donors (Lipinski definition) is 2. The van der Waals surface area contributed by atoms with Gasteiger partial charge in [0, 0.05) is 55.5 Å². The van der Waals surface area contributed by atoms with Gasteiger partial charge in [0.25, 0.3) is 0 Å². The van der Waals surface area contributed by atoms with E-state index in [1.165, 1.54) is 6.92 Å². The maximum atomic E-state index is 11.4. The largest absolute Gasteiger partial charge is 0.392 e. The van der Waals surface area contributed by atoms with Crippen LogP contribution in [0.2, 0.25) is 0 Å². The third kappa shape index (κ3) is 6.77. The van der Waals surface area contributed by atoms with Crippen LogP contribution in [-0.2, 0) is 27.3 Å². The van der Waals surface area contributed by atoms with Crippen LogP contribution in [-0.4, -0.2) is 47.1 Å². The summed E-state index contributed by atoms with van der Waals surface area (Å²) in [6.45, 7) is 5.29.